The van der Waals surface area contributed by atoms with E-state index in [9.17, 15) is 8.42 Å². The zero-order chi connectivity index (χ0) is 14.5. The summed E-state index contributed by atoms with van der Waals surface area (Å²) in [5.74, 6) is 0. The molecule has 0 aliphatic heterocycles. The van der Waals surface area contributed by atoms with Gasteiger partial charge in [-0.15, -0.1) is 0 Å². The minimum atomic E-state index is -3.73. The Morgan fingerprint density at radius 1 is 1.37 bits per heavy atom. The molecule has 1 rings (SSSR count). The molecule has 0 heterocycles. The van der Waals surface area contributed by atoms with Gasteiger partial charge >= 0.3 is 0 Å². The van der Waals surface area contributed by atoms with E-state index in [2.05, 4.69) is 4.72 Å². The van der Waals surface area contributed by atoms with E-state index in [1.165, 1.54) is 25.3 Å². The lowest BCUT2D eigenvalue weighted by atomic mass is 10.2. The van der Waals surface area contributed by atoms with E-state index in [0.29, 0.717) is 0 Å². The number of ether oxygens (including phenoxy) is 1. The molecule has 0 aliphatic carbocycles. The van der Waals surface area contributed by atoms with Crippen molar-refractivity contribution in [1.29, 1.82) is 0 Å². The van der Waals surface area contributed by atoms with Crippen molar-refractivity contribution in [3.05, 3.63) is 28.2 Å². The topological polar surface area (TPSA) is 75.6 Å². The average molecular weight is 328 g/mol. The Morgan fingerprint density at radius 2 is 2.05 bits per heavy atom. The van der Waals surface area contributed by atoms with Crippen molar-refractivity contribution >= 4 is 33.2 Å². The minimum Gasteiger partial charge on any atom is -0.396 e. The first-order chi connectivity index (χ1) is 8.90. The van der Waals surface area contributed by atoms with Gasteiger partial charge in [-0.05, 0) is 24.6 Å². The van der Waals surface area contributed by atoms with E-state index in [-0.39, 0.29) is 34.6 Å². The number of methoxy groups -OCH3 is 1. The second-order valence-corrected chi connectivity index (χ2v) is 6.39. The second kappa shape index (κ2) is 7.42. The Balaban J connectivity index is 2.92. The summed E-state index contributed by atoms with van der Waals surface area (Å²) in [4.78, 5) is 0.0148. The van der Waals surface area contributed by atoms with Gasteiger partial charge in [0.15, 0.2) is 0 Å². The Hall–Kier alpha value is -0.370. The van der Waals surface area contributed by atoms with Crippen LogP contribution in [0.2, 0.25) is 10.0 Å². The van der Waals surface area contributed by atoms with E-state index >= 15 is 0 Å². The van der Waals surface area contributed by atoms with Crippen molar-refractivity contribution in [2.24, 2.45) is 0 Å². The molecule has 0 aromatic heterocycles. The fourth-order valence-corrected chi connectivity index (χ4v) is 3.11. The molecule has 1 aromatic carbocycles. The molecule has 5 nitrogen and oxygen atoms in total. The van der Waals surface area contributed by atoms with Crippen molar-refractivity contribution in [2.45, 2.75) is 17.4 Å². The number of benzene rings is 1. The van der Waals surface area contributed by atoms with E-state index in [1.54, 1.807) is 0 Å². The van der Waals surface area contributed by atoms with Gasteiger partial charge in [-0.1, -0.05) is 23.2 Å². The molecule has 0 saturated heterocycles. The number of rotatable bonds is 7. The lowest BCUT2D eigenvalue weighted by Crippen LogP contribution is -2.38. The maximum atomic E-state index is 12.1. The fraction of sp³-hybridized carbons (Fsp3) is 0.455. The van der Waals surface area contributed by atoms with Crippen LogP contribution in [0, 0.1) is 0 Å². The van der Waals surface area contributed by atoms with Crippen molar-refractivity contribution in [3.63, 3.8) is 0 Å². The molecule has 0 spiro atoms. The van der Waals surface area contributed by atoms with Gasteiger partial charge in [0.25, 0.3) is 0 Å². The van der Waals surface area contributed by atoms with E-state index < -0.39 is 16.1 Å². The molecular weight excluding hydrogens is 313 g/mol. The summed E-state index contributed by atoms with van der Waals surface area (Å²) in [6, 6.07) is 3.54. The molecule has 0 amide bonds. The normalized spacial score (nSPS) is 13.5. The molecule has 1 atom stereocenters. The Kier molecular flexibility index (Phi) is 6.52. The van der Waals surface area contributed by atoms with E-state index in [1.807, 2.05) is 0 Å². The fourth-order valence-electron chi connectivity index (χ4n) is 1.46. The molecule has 1 aromatic rings. The zero-order valence-corrected chi connectivity index (χ0v) is 12.6. The number of sulfonamides is 1. The van der Waals surface area contributed by atoms with Gasteiger partial charge in [0, 0.05) is 19.8 Å². The molecule has 0 aliphatic rings. The first-order valence-electron chi connectivity index (χ1n) is 5.48. The van der Waals surface area contributed by atoms with Crippen molar-refractivity contribution in [2.75, 3.05) is 20.3 Å². The standard InChI is InChI=1S/C11H15Cl2NO4S/c1-18-7-8(4-5-15)14-19(16,17)9-2-3-10(12)11(13)6-9/h2-3,6,8,14-15H,4-5,7H2,1H3. The van der Waals surface area contributed by atoms with Gasteiger partial charge in [-0.25, -0.2) is 13.1 Å². The average Bonchev–Trinajstić information content (AvgIpc) is 2.32. The summed E-state index contributed by atoms with van der Waals surface area (Å²) in [6.45, 7) is 0.0268. The summed E-state index contributed by atoms with van der Waals surface area (Å²) in [5, 5.41) is 9.33. The summed E-state index contributed by atoms with van der Waals surface area (Å²) < 4.78 is 31.6. The lowest BCUT2D eigenvalue weighted by Gasteiger charge is -2.17. The van der Waals surface area contributed by atoms with Gasteiger partial charge in [0.1, 0.15) is 0 Å². The van der Waals surface area contributed by atoms with Crippen LogP contribution in [0.3, 0.4) is 0 Å². The first kappa shape index (κ1) is 16.7. The van der Waals surface area contributed by atoms with Gasteiger partial charge in [-0.2, -0.15) is 0 Å². The summed E-state index contributed by atoms with van der Waals surface area (Å²) in [5.41, 5.74) is 0. The number of hydrogen-bond donors (Lipinski definition) is 2. The third-order valence-corrected chi connectivity index (χ3v) is 4.63. The van der Waals surface area contributed by atoms with Crippen LogP contribution in [0.4, 0.5) is 0 Å². The van der Waals surface area contributed by atoms with E-state index in [4.69, 9.17) is 33.0 Å². The monoisotopic (exact) mass is 327 g/mol. The quantitative estimate of drug-likeness (QED) is 0.798. The third kappa shape index (κ3) is 4.91. The van der Waals surface area contributed by atoms with Gasteiger partial charge in [0.2, 0.25) is 10.0 Å². The molecule has 0 radical (unpaired) electrons. The molecule has 0 bridgehead atoms. The van der Waals surface area contributed by atoms with Gasteiger partial charge < -0.3 is 9.84 Å². The van der Waals surface area contributed by atoms with Crippen molar-refractivity contribution < 1.29 is 18.3 Å². The maximum Gasteiger partial charge on any atom is 0.240 e. The van der Waals surface area contributed by atoms with Gasteiger partial charge in [0.05, 0.1) is 21.5 Å². The number of aliphatic hydroxyl groups excluding tert-OH is 1. The van der Waals surface area contributed by atoms with Gasteiger partial charge in [-0.3, -0.25) is 0 Å². The number of hydrogen-bond acceptors (Lipinski definition) is 4. The predicted octanol–water partition coefficient (Wildman–Crippen LogP) is 1.67. The maximum absolute atomic E-state index is 12.1. The van der Waals surface area contributed by atoms with Crippen LogP contribution in [0.15, 0.2) is 23.1 Å². The van der Waals surface area contributed by atoms with Crippen LogP contribution in [-0.4, -0.2) is 39.9 Å². The Labute approximate surface area is 122 Å². The summed E-state index contributed by atoms with van der Waals surface area (Å²) in [7, 11) is -2.27. The number of nitrogens with one attached hydrogen (secondary N) is 1. The van der Waals surface area contributed by atoms with Crippen molar-refractivity contribution in [1.82, 2.24) is 4.72 Å². The highest BCUT2D eigenvalue weighted by atomic mass is 35.5. The first-order valence-corrected chi connectivity index (χ1v) is 7.71. The lowest BCUT2D eigenvalue weighted by molar-refractivity contribution is 0.158. The highest BCUT2D eigenvalue weighted by Crippen LogP contribution is 2.24. The molecule has 2 N–H and O–H groups in total. The van der Waals surface area contributed by atoms with Crippen LogP contribution in [0.1, 0.15) is 6.42 Å². The summed E-state index contributed by atoms with van der Waals surface area (Å²) in [6.07, 6.45) is 0.258. The predicted molar refractivity (Wildman–Crippen MR) is 74.2 cm³/mol. The SMILES string of the molecule is COCC(CCO)NS(=O)(=O)c1ccc(Cl)c(Cl)c1. The smallest absolute Gasteiger partial charge is 0.240 e. The van der Waals surface area contributed by atoms with Crippen molar-refractivity contribution in [3.8, 4) is 0 Å². The van der Waals surface area contributed by atoms with Crippen LogP contribution >= 0.6 is 23.2 Å². The zero-order valence-electron chi connectivity index (χ0n) is 10.3. The van der Waals surface area contributed by atoms with E-state index in [0.717, 1.165) is 0 Å². The molecule has 108 valence electrons. The van der Waals surface area contributed by atoms with Crippen LogP contribution < -0.4 is 4.72 Å². The second-order valence-electron chi connectivity index (χ2n) is 3.86. The Bertz CT molecular complexity index is 515. The molecule has 1 unspecified atom stereocenters. The number of halogens is 2. The third-order valence-electron chi connectivity index (χ3n) is 2.37. The molecule has 19 heavy (non-hydrogen) atoms. The van der Waals surface area contributed by atoms with Crippen LogP contribution in [0.25, 0.3) is 0 Å². The minimum absolute atomic E-state index is 0.0148. The Morgan fingerprint density at radius 3 is 2.58 bits per heavy atom. The highest BCUT2D eigenvalue weighted by Gasteiger charge is 2.20. The highest BCUT2D eigenvalue weighted by molar-refractivity contribution is 7.89. The number of aliphatic hydroxyl groups is 1. The molecular formula is C11H15Cl2NO4S. The molecule has 8 heteroatoms. The van der Waals surface area contributed by atoms with Crippen LogP contribution in [-0.2, 0) is 14.8 Å². The molecule has 0 fully saturated rings. The van der Waals surface area contributed by atoms with Crippen LogP contribution in [0.5, 0.6) is 0 Å². The largest absolute Gasteiger partial charge is 0.396 e. The summed E-state index contributed by atoms with van der Waals surface area (Å²) >= 11 is 11.5. The molecule has 0 saturated carbocycles.